The van der Waals surface area contributed by atoms with Gasteiger partial charge in [-0.1, -0.05) is 23.2 Å². The van der Waals surface area contributed by atoms with E-state index in [0.29, 0.717) is 34.9 Å². The first kappa shape index (κ1) is 16.8. The fourth-order valence-electron chi connectivity index (χ4n) is 1.90. The number of hydrogen-bond acceptors (Lipinski definition) is 4. The zero-order valence-electron chi connectivity index (χ0n) is 12.2. The Morgan fingerprint density at radius 2 is 2.10 bits per heavy atom. The number of benzene rings is 1. The van der Waals surface area contributed by atoms with E-state index in [9.17, 15) is 0 Å². The predicted octanol–water partition coefficient (Wildman–Crippen LogP) is 3.49. The lowest BCUT2D eigenvalue weighted by Crippen LogP contribution is -2.19. The maximum atomic E-state index is 6.21. The van der Waals surface area contributed by atoms with Crippen molar-refractivity contribution in [3.63, 3.8) is 0 Å². The molecule has 1 aromatic rings. The summed E-state index contributed by atoms with van der Waals surface area (Å²) in [6.07, 6.45) is 2.52. The lowest BCUT2D eigenvalue weighted by atomic mass is 10.2. The van der Waals surface area contributed by atoms with Gasteiger partial charge in [-0.05, 0) is 30.9 Å². The van der Waals surface area contributed by atoms with Gasteiger partial charge in [0.05, 0.1) is 18.2 Å². The minimum atomic E-state index is 0.211. The SMILES string of the molecule is COCCNCc1cc(Cl)cc(Cl)c1OCOCC1CC1. The molecule has 21 heavy (non-hydrogen) atoms. The topological polar surface area (TPSA) is 39.7 Å². The minimum Gasteiger partial charge on any atom is -0.466 e. The monoisotopic (exact) mass is 333 g/mol. The third-order valence-corrected chi connectivity index (χ3v) is 3.72. The molecule has 0 saturated heterocycles. The predicted molar refractivity (Wildman–Crippen MR) is 84.2 cm³/mol. The summed E-state index contributed by atoms with van der Waals surface area (Å²) in [5.41, 5.74) is 0.915. The summed E-state index contributed by atoms with van der Waals surface area (Å²) in [6, 6.07) is 3.53. The molecule has 1 aromatic carbocycles. The second kappa shape index (κ2) is 8.81. The summed E-state index contributed by atoms with van der Waals surface area (Å²) >= 11 is 12.3. The number of ether oxygens (including phenoxy) is 3. The molecule has 0 aromatic heterocycles. The van der Waals surface area contributed by atoms with Crippen molar-refractivity contribution in [3.05, 3.63) is 27.7 Å². The molecule has 1 aliphatic carbocycles. The highest BCUT2D eigenvalue weighted by atomic mass is 35.5. The van der Waals surface area contributed by atoms with Crippen LogP contribution in [0.4, 0.5) is 0 Å². The molecule has 0 spiro atoms. The van der Waals surface area contributed by atoms with E-state index in [0.717, 1.165) is 18.7 Å². The smallest absolute Gasteiger partial charge is 0.189 e. The van der Waals surface area contributed by atoms with E-state index in [2.05, 4.69) is 5.32 Å². The molecular weight excluding hydrogens is 313 g/mol. The van der Waals surface area contributed by atoms with E-state index in [1.807, 2.05) is 6.07 Å². The normalized spacial score (nSPS) is 14.4. The van der Waals surface area contributed by atoms with Crippen molar-refractivity contribution in [1.82, 2.24) is 5.32 Å². The lowest BCUT2D eigenvalue weighted by molar-refractivity contribution is 0.00946. The summed E-state index contributed by atoms with van der Waals surface area (Å²) in [5.74, 6) is 1.34. The Balaban J connectivity index is 1.88. The number of methoxy groups -OCH3 is 1. The standard InChI is InChI=1S/C15H21Cl2NO3/c1-19-5-4-18-8-12-6-13(16)7-14(17)15(12)21-10-20-9-11-2-3-11/h6-7,11,18H,2-5,8-10H2,1H3. The molecule has 0 amide bonds. The molecule has 6 heteroatoms. The Hall–Kier alpha value is -0.520. The van der Waals surface area contributed by atoms with E-state index in [1.54, 1.807) is 13.2 Å². The first-order chi connectivity index (χ1) is 10.2. The largest absolute Gasteiger partial charge is 0.466 e. The fourth-order valence-corrected chi connectivity index (χ4v) is 2.49. The Bertz CT molecular complexity index is 453. The van der Waals surface area contributed by atoms with E-state index in [1.165, 1.54) is 12.8 Å². The molecule has 0 radical (unpaired) electrons. The number of nitrogens with one attached hydrogen (secondary N) is 1. The molecule has 1 aliphatic rings. The molecule has 118 valence electrons. The van der Waals surface area contributed by atoms with Crippen molar-refractivity contribution in [2.24, 2.45) is 5.92 Å². The van der Waals surface area contributed by atoms with Crippen LogP contribution in [0.15, 0.2) is 12.1 Å². The van der Waals surface area contributed by atoms with Crippen molar-refractivity contribution in [2.75, 3.05) is 33.7 Å². The van der Waals surface area contributed by atoms with E-state index >= 15 is 0 Å². The van der Waals surface area contributed by atoms with Gasteiger partial charge in [0.2, 0.25) is 0 Å². The summed E-state index contributed by atoms with van der Waals surface area (Å²) in [6.45, 7) is 2.98. The first-order valence-electron chi connectivity index (χ1n) is 7.09. The van der Waals surface area contributed by atoms with Gasteiger partial charge in [-0.2, -0.15) is 0 Å². The van der Waals surface area contributed by atoms with Gasteiger partial charge in [-0.3, -0.25) is 0 Å². The summed E-state index contributed by atoms with van der Waals surface area (Å²) in [7, 11) is 1.67. The van der Waals surface area contributed by atoms with Gasteiger partial charge >= 0.3 is 0 Å². The van der Waals surface area contributed by atoms with Crippen molar-refractivity contribution in [2.45, 2.75) is 19.4 Å². The highest BCUT2D eigenvalue weighted by Gasteiger charge is 2.21. The van der Waals surface area contributed by atoms with Gasteiger partial charge in [0, 0.05) is 30.8 Å². The van der Waals surface area contributed by atoms with Crippen molar-refractivity contribution in [3.8, 4) is 5.75 Å². The minimum absolute atomic E-state index is 0.211. The highest BCUT2D eigenvalue weighted by molar-refractivity contribution is 6.35. The van der Waals surface area contributed by atoms with Crippen molar-refractivity contribution < 1.29 is 14.2 Å². The average Bonchev–Trinajstić information content (AvgIpc) is 3.25. The zero-order valence-corrected chi connectivity index (χ0v) is 13.7. The Kier molecular flexibility index (Phi) is 7.07. The second-order valence-electron chi connectivity index (χ2n) is 5.12. The third-order valence-electron chi connectivity index (χ3n) is 3.22. The van der Waals surface area contributed by atoms with Crippen molar-refractivity contribution >= 4 is 23.2 Å². The zero-order chi connectivity index (χ0) is 15.1. The molecule has 0 unspecified atom stereocenters. The van der Waals surface area contributed by atoms with Gasteiger partial charge in [-0.15, -0.1) is 0 Å². The van der Waals surface area contributed by atoms with Crippen molar-refractivity contribution in [1.29, 1.82) is 0 Å². The van der Waals surface area contributed by atoms with Crippen LogP contribution >= 0.6 is 23.2 Å². The van der Waals surface area contributed by atoms with Crippen LogP contribution in [0, 0.1) is 5.92 Å². The average molecular weight is 334 g/mol. The maximum Gasteiger partial charge on any atom is 0.189 e. The fraction of sp³-hybridized carbons (Fsp3) is 0.600. The first-order valence-corrected chi connectivity index (χ1v) is 7.84. The Morgan fingerprint density at radius 1 is 1.29 bits per heavy atom. The van der Waals surface area contributed by atoms with Gasteiger partial charge in [0.25, 0.3) is 0 Å². The van der Waals surface area contributed by atoms with Crippen LogP contribution in [0.1, 0.15) is 18.4 Å². The van der Waals surface area contributed by atoms with Crippen LogP contribution in [-0.2, 0) is 16.0 Å². The van der Waals surface area contributed by atoms with Gasteiger partial charge in [-0.25, -0.2) is 0 Å². The molecule has 4 nitrogen and oxygen atoms in total. The molecule has 1 saturated carbocycles. The molecule has 2 rings (SSSR count). The van der Waals surface area contributed by atoms with Gasteiger partial charge in [0.1, 0.15) is 5.75 Å². The number of hydrogen-bond donors (Lipinski definition) is 1. The molecule has 0 atom stereocenters. The molecule has 0 heterocycles. The summed E-state index contributed by atoms with van der Waals surface area (Å²) < 4.78 is 16.2. The second-order valence-corrected chi connectivity index (χ2v) is 5.97. The molecule has 0 aliphatic heterocycles. The summed E-state index contributed by atoms with van der Waals surface area (Å²) in [5, 5.41) is 4.35. The van der Waals surface area contributed by atoms with Crippen LogP contribution in [0.5, 0.6) is 5.75 Å². The van der Waals surface area contributed by atoms with Crippen LogP contribution in [0.2, 0.25) is 10.0 Å². The Morgan fingerprint density at radius 3 is 2.81 bits per heavy atom. The van der Waals surface area contributed by atoms with E-state index < -0.39 is 0 Å². The number of halogens is 2. The summed E-state index contributed by atoms with van der Waals surface area (Å²) in [4.78, 5) is 0. The van der Waals surface area contributed by atoms with Crippen LogP contribution in [0.3, 0.4) is 0 Å². The number of rotatable bonds is 10. The van der Waals surface area contributed by atoms with Crippen LogP contribution in [0.25, 0.3) is 0 Å². The lowest BCUT2D eigenvalue weighted by Gasteiger charge is -2.14. The molecule has 1 fully saturated rings. The molecular formula is C15H21Cl2NO3. The van der Waals surface area contributed by atoms with E-state index in [-0.39, 0.29) is 6.79 Å². The van der Waals surface area contributed by atoms with Gasteiger partial charge < -0.3 is 19.5 Å². The maximum absolute atomic E-state index is 6.21. The third kappa shape index (κ3) is 6.01. The van der Waals surface area contributed by atoms with Crippen LogP contribution < -0.4 is 10.1 Å². The van der Waals surface area contributed by atoms with Crippen LogP contribution in [-0.4, -0.2) is 33.7 Å². The quantitative estimate of drug-likeness (QED) is 0.525. The van der Waals surface area contributed by atoms with Gasteiger partial charge in [0.15, 0.2) is 6.79 Å². The highest BCUT2D eigenvalue weighted by Crippen LogP contribution is 2.33. The Labute approximate surface area is 135 Å². The molecule has 0 bridgehead atoms. The van der Waals surface area contributed by atoms with E-state index in [4.69, 9.17) is 37.4 Å². The molecule has 1 N–H and O–H groups in total.